The van der Waals surface area contributed by atoms with Gasteiger partial charge in [-0.05, 0) is 55.0 Å². The van der Waals surface area contributed by atoms with Crippen LogP contribution >= 0.6 is 0 Å². The van der Waals surface area contributed by atoms with E-state index in [4.69, 9.17) is 4.74 Å². The number of sulfonamides is 1. The Balaban J connectivity index is 2.13. The van der Waals surface area contributed by atoms with Crippen LogP contribution < -0.4 is 9.46 Å². The molecule has 5 nitrogen and oxygen atoms in total. The Morgan fingerprint density at radius 3 is 2.32 bits per heavy atom. The van der Waals surface area contributed by atoms with E-state index in [0.29, 0.717) is 17.1 Å². The van der Waals surface area contributed by atoms with Crippen molar-refractivity contribution >= 4 is 15.9 Å². The lowest BCUT2D eigenvalue weighted by Crippen LogP contribution is -2.29. The third kappa shape index (κ3) is 4.29. The molecule has 0 aliphatic rings. The second kappa shape index (κ2) is 6.15. The molecule has 0 aliphatic heterocycles. The minimum atomic E-state index is -3.61. The predicted octanol–water partition coefficient (Wildman–Crippen LogP) is 2.62. The zero-order valence-corrected chi connectivity index (χ0v) is 12.8. The molecule has 2 aromatic rings. The molecule has 22 heavy (non-hydrogen) atoms. The van der Waals surface area contributed by atoms with Gasteiger partial charge in [0.25, 0.3) is 5.91 Å². The van der Waals surface area contributed by atoms with Gasteiger partial charge in [0.2, 0.25) is 10.0 Å². The highest BCUT2D eigenvalue weighted by molar-refractivity contribution is 7.89. The molecule has 0 radical (unpaired) electrons. The maximum atomic E-state index is 13.0. The average molecular weight is 323 g/mol. The maximum Gasteiger partial charge on any atom is 0.264 e. The summed E-state index contributed by atoms with van der Waals surface area (Å²) in [6.45, 7) is 1.71. The van der Waals surface area contributed by atoms with E-state index in [9.17, 15) is 17.6 Å². The molecule has 2 aromatic carbocycles. The zero-order chi connectivity index (χ0) is 16.3. The summed E-state index contributed by atoms with van der Waals surface area (Å²) in [6, 6.07) is 10.1. The second-order valence-electron chi connectivity index (χ2n) is 4.74. The molecule has 0 heterocycles. The van der Waals surface area contributed by atoms with Gasteiger partial charge in [0.1, 0.15) is 17.3 Å². The van der Waals surface area contributed by atoms with E-state index in [1.54, 1.807) is 6.92 Å². The Labute approximate surface area is 127 Å². The monoisotopic (exact) mass is 323 g/mol. The highest BCUT2D eigenvalue weighted by atomic mass is 32.2. The lowest BCUT2D eigenvalue weighted by atomic mass is 10.2. The van der Waals surface area contributed by atoms with E-state index >= 15 is 0 Å². The highest BCUT2D eigenvalue weighted by Crippen LogP contribution is 2.25. The molecule has 0 aromatic heterocycles. The Hall–Kier alpha value is -2.41. The van der Waals surface area contributed by atoms with Crippen LogP contribution in [0.3, 0.4) is 0 Å². The van der Waals surface area contributed by atoms with Crippen LogP contribution in [0.4, 0.5) is 4.39 Å². The van der Waals surface area contributed by atoms with Gasteiger partial charge in [-0.2, -0.15) is 0 Å². The van der Waals surface area contributed by atoms with Gasteiger partial charge in [-0.1, -0.05) is 0 Å². The van der Waals surface area contributed by atoms with Gasteiger partial charge in [0.05, 0.1) is 6.26 Å². The molecule has 7 heteroatoms. The average Bonchev–Trinajstić information content (AvgIpc) is 2.41. The van der Waals surface area contributed by atoms with Crippen molar-refractivity contribution in [2.45, 2.75) is 6.92 Å². The zero-order valence-electron chi connectivity index (χ0n) is 12.0. The molecular formula is C15H14FNO4S. The van der Waals surface area contributed by atoms with Gasteiger partial charge in [-0.15, -0.1) is 0 Å². The van der Waals surface area contributed by atoms with Gasteiger partial charge >= 0.3 is 0 Å². The summed E-state index contributed by atoms with van der Waals surface area (Å²) in [4.78, 5) is 11.6. The molecular weight excluding hydrogens is 309 g/mol. The Kier molecular flexibility index (Phi) is 4.46. The quantitative estimate of drug-likeness (QED) is 0.939. The molecule has 2 rings (SSSR count). The lowest BCUT2D eigenvalue weighted by Gasteiger charge is -2.09. The summed E-state index contributed by atoms with van der Waals surface area (Å²) < 4.78 is 42.5. The van der Waals surface area contributed by atoms with E-state index < -0.39 is 15.9 Å². The summed E-state index contributed by atoms with van der Waals surface area (Å²) in [5, 5.41) is 0. The number of ether oxygens (including phenoxy) is 1. The van der Waals surface area contributed by atoms with Crippen LogP contribution in [0.5, 0.6) is 11.5 Å². The Bertz CT molecular complexity index is 801. The first-order valence-corrected chi connectivity index (χ1v) is 8.20. The molecule has 0 aliphatic carbocycles. The molecule has 0 atom stereocenters. The third-order valence-corrected chi connectivity index (χ3v) is 3.32. The van der Waals surface area contributed by atoms with Crippen molar-refractivity contribution in [3.63, 3.8) is 0 Å². The molecule has 0 bridgehead atoms. The largest absolute Gasteiger partial charge is 0.457 e. The van der Waals surface area contributed by atoms with Gasteiger partial charge in [0, 0.05) is 5.56 Å². The Morgan fingerprint density at radius 1 is 1.14 bits per heavy atom. The number of benzene rings is 2. The summed E-state index contributed by atoms with van der Waals surface area (Å²) >= 11 is 0. The van der Waals surface area contributed by atoms with Crippen molar-refractivity contribution in [3.8, 4) is 11.5 Å². The van der Waals surface area contributed by atoms with Crippen LogP contribution in [0, 0.1) is 12.7 Å². The number of hydrogen-bond donors (Lipinski definition) is 1. The third-order valence-electron chi connectivity index (χ3n) is 2.76. The second-order valence-corrected chi connectivity index (χ2v) is 6.49. The van der Waals surface area contributed by atoms with Gasteiger partial charge in [0.15, 0.2) is 0 Å². The van der Waals surface area contributed by atoms with E-state index in [0.717, 1.165) is 6.26 Å². The number of amides is 1. The molecule has 0 fully saturated rings. The smallest absolute Gasteiger partial charge is 0.264 e. The number of nitrogens with one attached hydrogen (secondary N) is 1. The number of aryl methyl sites for hydroxylation is 1. The standard InChI is InChI=1S/C15H14FNO4S/c1-10-9-12(16)5-8-14(10)21-13-6-3-11(4-7-13)15(18)17-22(2,19)20/h3-9H,1-2H3,(H,17,18). The maximum absolute atomic E-state index is 13.0. The first kappa shape index (κ1) is 16.0. The minimum Gasteiger partial charge on any atom is -0.457 e. The van der Waals surface area contributed by atoms with E-state index in [1.165, 1.54) is 42.5 Å². The van der Waals surface area contributed by atoms with Crippen LogP contribution in [-0.4, -0.2) is 20.6 Å². The molecule has 0 saturated heterocycles. The van der Waals surface area contributed by atoms with Gasteiger partial charge < -0.3 is 4.74 Å². The van der Waals surface area contributed by atoms with Crippen molar-refractivity contribution in [3.05, 3.63) is 59.4 Å². The molecule has 1 N–H and O–H groups in total. The lowest BCUT2D eigenvalue weighted by molar-refractivity contribution is 0.0981. The van der Waals surface area contributed by atoms with Crippen molar-refractivity contribution in [1.29, 1.82) is 0 Å². The van der Waals surface area contributed by atoms with Crippen LogP contribution in [0.25, 0.3) is 0 Å². The van der Waals surface area contributed by atoms with E-state index in [1.807, 2.05) is 4.72 Å². The summed E-state index contributed by atoms with van der Waals surface area (Å²) in [5.41, 5.74) is 0.826. The van der Waals surface area contributed by atoms with Crippen LogP contribution in [-0.2, 0) is 10.0 Å². The molecule has 116 valence electrons. The van der Waals surface area contributed by atoms with Crippen LogP contribution in [0.2, 0.25) is 0 Å². The minimum absolute atomic E-state index is 0.189. The predicted molar refractivity (Wildman–Crippen MR) is 80.0 cm³/mol. The summed E-state index contributed by atoms with van der Waals surface area (Å²) in [7, 11) is -3.61. The number of rotatable bonds is 4. The van der Waals surface area contributed by atoms with Gasteiger partial charge in [-0.25, -0.2) is 17.5 Å². The van der Waals surface area contributed by atoms with Crippen molar-refractivity contribution in [2.75, 3.05) is 6.26 Å². The fourth-order valence-corrected chi connectivity index (χ4v) is 2.21. The van der Waals surface area contributed by atoms with E-state index in [-0.39, 0.29) is 11.4 Å². The molecule has 0 saturated carbocycles. The topological polar surface area (TPSA) is 72.5 Å². The Morgan fingerprint density at radius 2 is 1.77 bits per heavy atom. The summed E-state index contributed by atoms with van der Waals surface area (Å²) in [6.07, 6.45) is 0.902. The van der Waals surface area contributed by atoms with Crippen molar-refractivity contribution in [1.82, 2.24) is 4.72 Å². The first-order chi connectivity index (χ1) is 10.2. The normalized spacial score (nSPS) is 11.0. The van der Waals surface area contributed by atoms with Gasteiger partial charge in [-0.3, -0.25) is 4.79 Å². The molecule has 1 amide bonds. The van der Waals surface area contributed by atoms with E-state index in [2.05, 4.69) is 0 Å². The van der Waals surface area contributed by atoms with Crippen LogP contribution in [0.15, 0.2) is 42.5 Å². The first-order valence-electron chi connectivity index (χ1n) is 6.31. The van der Waals surface area contributed by atoms with Crippen LogP contribution in [0.1, 0.15) is 15.9 Å². The van der Waals surface area contributed by atoms with Crippen molar-refractivity contribution in [2.24, 2.45) is 0 Å². The fourth-order valence-electron chi connectivity index (χ4n) is 1.76. The number of carbonyl (C=O) groups is 1. The van der Waals surface area contributed by atoms with Crippen molar-refractivity contribution < 1.29 is 22.3 Å². The number of carbonyl (C=O) groups excluding carboxylic acids is 1. The molecule has 0 unspecified atom stereocenters. The highest BCUT2D eigenvalue weighted by Gasteiger charge is 2.11. The number of hydrogen-bond acceptors (Lipinski definition) is 4. The SMILES string of the molecule is Cc1cc(F)ccc1Oc1ccc(C(=O)NS(C)(=O)=O)cc1. The summed E-state index contributed by atoms with van der Waals surface area (Å²) in [5.74, 6) is -0.120. The molecule has 0 spiro atoms. The fraction of sp³-hybridized carbons (Fsp3) is 0.133. The number of halogens is 1.